The summed E-state index contributed by atoms with van der Waals surface area (Å²) < 4.78 is 10.0. The third-order valence-electron chi connectivity index (χ3n) is 2.49. The van der Waals surface area contributed by atoms with Gasteiger partial charge in [-0.25, -0.2) is 0 Å². The van der Waals surface area contributed by atoms with Crippen molar-refractivity contribution in [2.45, 2.75) is 18.7 Å². The number of nitro groups is 1. The quantitative estimate of drug-likeness (QED) is 0.346. The summed E-state index contributed by atoms with van der Waals surface area (Å²) in [7, 11) is 1.41. The van der Waals surface area contributed by atoms with Crippen LogP contribution in [0.3, 0.4) is 0 Å². The number of non-ortho nitro benzene ring substituents is 1. The summed E-state index contributed by atoms with van der Waals surface area (Å²) in [6.45, 7) is 2.01. The van der Waals surface area contributed by atoms with Crippen LogP contribution in [0.2, 0.25) is 0 Å². The Morgan fingerprint density at radius 2 is 2.16 bits per heavy atom. The number of alkyl halides is 1. The van der Waals surface area contributed by atoms with Crippen LogP contribution >= 0.6 is 15.9 Å². The predicted molar refractivity (Wildman–Crippen MR) is 72.6 cm³/mol. The number of nitro benzene ring substituents is 1. The fourth-order valence-corrected chi connectivity index (χ4v) is 2.15. The van der Waals surface area contributed by atoms with E-state index in [1.807, 2.05) is 0 Å². The Labute approximate surface area is 119 Å². The lowest BCUT2D eigenvalue weighted by atomic mass is 10.0. The molecule has 0 unspecified atom stereocenters. The highest BCUT2D eigenvalue weighted by Gasteiger charge is 2.19. The van der Waals surface area contributed by atoms with E-state index in [4.69, 9.17) is 9.47 Å². The molecule has 0 saturated carbocycles. The average molecular weight is 332 g/mol. The molecule has 19 heavy (non-hydrogen) atoms. The molecule has 0 spiro atoms. The molecule has 0 radical (unpaired) electrons. The van der Waals surface area contributed by atoms with Crippen molar-refractivity contribution in [1.29, 1.82) is 0 Å². The Balaban J connectivity index is 3.20. The van der Waals surface area contributed by atoms with E-state index in [0.29, 0.717) is 22.2 Å². The lowest BCUT2D eigenvalue weighted by Gasteiger charge is -2.12. The Bertz CT molecular complexity index is 464. The van der Waals surface area contributed by atoms with Gasteiger partial charge in [-0.2, -0.15) is 0 Å². The number of benzene rings is 1. The maximum Gasteiger partial charge on any atom is 0.310 e. The molecule has 0 heterocycles. The van der Waals surface area contributed by atoms with Crippen molar-refractivity contribution in [3.05, 3.63) is 33.4 Å². The van der Waals surface area contributed by atoms with Crippen molar-refractivity contribution >= 4 is 27.6 Å². The molecule has 104 valence electrons. The Morgan fingerprint density at radius 3 is 2.63 bits per heavy atom. The van der Waals surface area contributed by atoms with Crippen molar-refractivity contribution in [3.8, 4) is 5.75 Å². The van der Waals surface area contributed by atoms with Gasteiger partial charge in [0.25, 0.3) is 5.69 Å². The van der Waals surface area contributed by atoms with Gasteiger partial charge in [0.1, 0.15) is 5.75 Å². The summed E-state index contributed by atoms with van der Waals surface area (Å²) in [5.41, 5.74) is 1.17. The van der Waals surface area contributed by atoms with Gasteiger partial charge in [-0.1, -0.05) is 15.9 Å². The van der Waals surface area contributed by atoms with Gasteiger partial charge in [-0.15, -0.1) is 0 Å². The van der Waals surface area contributed by atoms with E-state index in [2.05, 4.69) is 15.9 Å². The van der Waals surface area contributed by atoms with Gasteiger partial charge < -0.3 is 9.47 Å². The van der Waals surface area contributed by atoms with E-state index in [9.17, 15) is 14.9 Å². The van der Waals surface area contributed by atoms with Gasteiger partial charge in [0.05, 0.1) is 31.1 Å². The average Bonchev–Trinajstić information content (AvgIpc) is 2.38. The first kappa shape index (κ1) is 15.4. The number of hydrogen-bond donors (Lipinski definition) is 0. The maximum absolute atomic E-state index is 11.5. The van der Waals surface area contributed by atoms with E-state index in [0.717, 1.165) is 0 Å². The molecule has 0 aromatic heterocycles. The normalized spacial score (nSPS) is 10.1. The number of carbonyl (C=O) groups excluding carboxylic acids is 1. The van der Waals surface area contributed by atoms with Crippen LogP contribution in [-0.2, 0) is 21.3 Å². The molecule has 1 aromatic carbocycles. The smallest absolute Gasteiger partial charge is 0.310 e. The number of nitrogens with zero attached hydrogens (tertiary/aromatic N) is 1. The van der Waals surface area contributed by atoms with Crippen LogP contribution in [0.25, 0.3) is 0 Å². The highest BCUT2D eigenvalue weighted by atomic mass is 79.9. The summed E-state index contributed by atoms with van der Waals surface area (Å²) in [5, 5.41) is 11.2. The van der Waals surface area contributed by atoms with E-state index >= 15 is 0 Å². The minimum atomic E-state index is -0.497. The molecule has 0 aliphatic rings. The number of esters is 1. The number of ether oxygens (including phenoxy) is 2. The zero-order valence-corrected chi connectivity index (χ0v) is 12.2. The van der Waals surface area contributed by atoms with Crippen LogP contribution in [0.1, 0.15) is 18.1 Å². The van der Waals surface area contributed by atoms with Crippen LogP contribution in [0.15, 0.2) is 12.1 Å². The van der Waals surface area contributed by atoms with Gasteiger partial charge in [-0.3, -0.25) is 14.9 Å². The molecule has 7 heteroatoms. The van der Waals surface area contributed by atoms with Crippen molar-refractivity contribution in [2.24, 2.45) is 0 Å². The topological polar surface area (TPSA) is 78.7 Å². The van der Waals surface area contributed by atoms with E-state index in [-0.39, 0.29) is 18.7 Å². The number of hydrogen-bond acceptors (Lipinski definition) is 5. The summed E-state index contributed by atoms with van der Waals surface area (Å²) in [6, 6.07) is 2.73. The number of methoxy groups -OCH3 is 1. The maximum atomic E-state index is 11.5. The van der Waals surface area contributed by atoms with E-state index in [1.165, 1.54) is 19.2 Å². The van der Waals surface area contributed by atoms with Gasteiger partial charge in [0.15, 0.2) is 0 Å². The summed E-state index contributed by atoms with van der Waals surface area (Å²) in [4.78, 5) is 21.9. The first-order valence-corrected chi connectivity index (χ1v) is 6.71. The third-order valence-corrected chi connectivity index (χ3v) is 3.09. The molecule has 0 aliphatic heterocycles. The molecule has 0 fully saturated rings. The molecular weight excluding hydrogens is 318 g/mol. The molecule has 0 atom stereocenters. The van der Waals surface area contributed by atoms with Crippen LogP contribution in [-0.4, -0.2) is 24.6 Å². The van der Waals surface area contributed by atoms with Crippen LogP contribution in [0, 0.1) is 10.1 Å². The summed E-state index contributed by atoms with van der Waals surface area (Å²) >= 11 is 3.25. The van der Waals surface area contributed by atoms with Crippen molar-refractivity contribution in [2.75, 3.05) is 13.7 Å². The lowest BCUT2D eigenvalue weighted by Crippen LogP contribution is -2.10. The van der Waals surface area contributed by atoms with Crippen LogP contribution in [0.4, 0.5) is 5.69 Å². The highest BCUT2D eigenvalue weighted by Crippen LogP contribution is 2.30. The van der Waals surface area contributed by atoms with Gasteiger partial charge >= 0.3 is 5.97 Å². The summed E-state index contributed by atoms with van der Waals surface area (Å²) in [5.74, 6) is -0.0754. The second-order valence-electron chi connectivity index (χ2n) is 3.66. The van der Waals surface area contributed by atoms with E-state index in [1.54, 1.807) is 6.92 Å². The largest absolute Gasteiger partial charge is 0.496 e. The van der Waals surface area contributed by atoms with Gasteiger partial charge in [0.2, 0.25) is 0 Å². The SMILES string of the molecule is CCOC(=O)Cc1c(CBr)cc([N+](=O)[O-])cc1OC. The molecule has 1 aromatic rings. The van der Waals surface area contributed by atoms with Crippen LogP contribution in [0.5, 0.6) is 5.75 Å². The van der Waals surface area contributed by atoms with Gasteiger partial charge in [-0.05, 0) is 12.5 Å². The number of halogens is 1. The predicted octanol–water partition coefficient (Wildman–Crippen LogP) is 2.60. The van der Waals surface area contributed by atoms with Crippen LogP contribution < -0.4 is 4.74 Å². The number of carbonyl (C=O) groups is 1. The minimum absolute atomic E-state index is 0.0238. The Morgan fingerprint density at radius 1 is 1.47 bits per heavy atom. The fraction of sp³-hybridized carbons (Fsp3) is 0.417. The Kier molecular flexibility index (Phi) is 5.75. The lowest BCUT2D eigenvalue weighted by molar-refractivity contribution is -0.385. The molecule has 6 nitrogen and oxygen atoms in total. The molecule has 0 aliphatic carbocycles. The summed E-state index contributed by atoms with van der Waals surface area (Å²) in [6.07, 6.45) is 0.0238. The van der Waals surface area contributed by atoms with Crippen molar-refractivity contribution in [1.82, 2.24) is 0 Å². The monoisotopic (exact) mass is 331 g/mol. The van der Waals surface area contributed by atoms with Crippen molar-refractivity contribution < 1.29 is 19.2 Å². The zero-order chi connectivity index (χ0) is 14.4. The third kappa shape index (κ3) is 3.92. The molecular formula is C12H14BrNO5. The molecule has 0 amide bonds. The first-order chi connectivity index (χ1) is 9.03. The molecule has 0 N–H and O–H groups in total. The first-order valence-electron chi connectivity index (χ1n) is 5.59. The minimum Gasteiger partial charge on any atom is -0.496 e. The zero-order valence-electron chi connectivity index (χ0n) is 10.6. The molecule has 0 bridgehead atoms. The van der Waals surface area contributed by atoms with E-state index < -0.39 is 10.9 Å². The van der Waals surface area contributed by atoms with Gasteiger partial charge in [0, 0.05) is 17.0 Å². The second-order valence-corrected chi connectivity index (χ2v) is 4.22. The molecule has 1 rings (SSSR count). The second kappa shape index (κ2) is 7.08. The Hall–Kier alpha value is -1.63. The molecule has 0 saturated heterocycles. The van der Waals surface area contributed by atoms with Crippen molar-refractivity contribution in [3.63, 3.8) is 0 Å². The fourth-order valence-electron chi connectivity index (χ4n) is 1.65. The highest BCUT2D eigenvalue weighted by molar-refractivity contribution is 9.08. The number of rotatable bonds is 6. The standard InChI is InChI=1S/C12H14BrNO5/c1-3-19-12(15)6-10-8(7-13)4-9(14(16)17)5-11(10)18-2/h4-5H,3,6-7H2,1-2H3.